The Morgan fingerprint density at radius 2 is 1.79 bits per heavy atom. The number of amides is 3. The van der Waals surface area contributed by atoms with E-state index in [-0.39, 0.29) is 37.9 Å². The van der Waals surface area contributed by atoms with Crippen LogP contribution in [0.25, 0.3) is 0 Å². The summed E-state index contributed by atoms with van der Waals surface area (Å²) in [4.78, 5) is 50.2. The molecule has 1 fully saturated rings. The van der Waals surface area contributed by atoms with Crippen molar-refractivity contribution < 1.29 is 29.0 Å². The molecule has 0 aliphatic heterocycles. The minimum atomic E-state index is -1.19. The third kappa shape index (κ3) is 7.56. The molecule has 1 aromatic carbocycles. The van der Waals surface area contributed by atoms with E-state index in [1.54, 1.807) is 31.2 Å². The second-order valence-corrected chi connectivity index (χ2v) is 8.47. The number of Topliss-reactive ketones (excluding diaryl/α,β-unsaturated/α-hetero) is 1. The molecule has 9 heteroatoms. The van der Waals surface area contributed by atoms with Crippen molar-refractivity contribution in [2.75, 3.05) is 18.5 Å². The van der Waals surface area contributed by atoms with E-state index in [1.807, 2.05) is 0 Å². The molecule has 9 nitrogen and oxygen atoms in total. The van der Waals surface area contributed by atoms with Crippen LogP contribution in [0.4, 0.5) is 10.5 Å². The zero-order valence-corrected chi connectivity index (χ0v) is 19.2. The van der Waals surface area contributed by atoms with Crippen molar-refractivity contribution in [1.29, 1.82) is 0 Å². The fourth-order valence-corrected chi connectivity index (χ4v) is 4.26. The van der Waals surface area contributed by atoms with Crippen LogP contribution in [0, 0.1) is 11.3 Å². The van der Waals surface area contributed by atoms with Crippen molar-refractivity contribution in [3.05, 3.63) is 29.8 Å². The predicted molar refractivity (Wildman–Crippen MR) is 123 cm³/mol. The molecule has 1 saturated carbocycles. The molecule has 0 heterocycles. The van der Waals surface area contributed by atoms with Crippen LogP contribution in [0.5, 0.6) is 0 Å². The van der Waals surface area contributed by atoms with E-state index in [0.717, 1.165) is 19.3 Å². The van der Waals surface area contributed by atoms with E-state index in [9.17, 15) is 24.3 Å². The Kier molecular flexibility index (Phi) is 10.3. The lowest BCUT2D eigenvalue weighted by atomic mass is 9.69. The van der Waals surface area contributed by atoms with Gasteiger partial charge in [0.2, 0.25) is 5.91 Å². The lowest BCUT2D eigenvalue weighted by Gasteiger charge is -2.34. The SMILES string of the molecule is CCOC(=O)C1(C(=O)C[C@@H](CCCNC(N)=O)C(=O)Nc2ccc(CO)cc2)CCCCC1. The molecule has 0 aromatic heterocycles. The van der Waals surface area contributed by atoms with Crippen LogP contribution < -0.4 is 16.4 Å². The number of urea groups is 1. The first-order valence-electron chi connectivity index (χ1n) is 11.6. The highest BCUT2D eigenvalue weighted by molar-refractivity contribution is 6.06. The van der Waals surface area contributed by atoms with Crippen molar-refractivity contribution in [3.63, 3.8) is 0 Å². The fourth-order valence-electron chi connectivity index (χ4n) is 4.26. The van der Waals surface area contributed by atoms with Crippen molar-refractivity contribution in [2.45, 2.75) is 64.9 Å². The summed E-state index contributed by atoms with van der Waals surface area (Å²) in [6, 6.07) is 6.10. The fraction of sp³-hybridized carbons (Fsp3) is 0.583. The second-order valence-electron chi connectivity index (χ2n) is 8.47. The van der Waals surface area contributed by atoms with Crippen LogP contribution in [0.3, 0.4) is 0 Å². The maximum Gasteiger partial charge on any atom is 0.319 e. The Labute approximate surface area is 194 Å². The highest BCUT2D eigenvalue weighted by atomic mass is 16.5. The van der Waals surface area contributed by atoms with Crippen molar-refractivity contribution in [3.8, 4) is 0 Å². The number of ether oxygens (including phenoxy) is 1. The van der Waals surface area contributed by atoms with Gasteiger partial charge in [0.1, 0.15) is 5.41 Å². The molecule has 1 aliphatic rings. The maximum atomic E-state index is 13.4. The average molecular weight is 462 g/mol. The lowest BCUT2D eigenvalue weighted by Crippen LogP contribution is -2.44. The predicted octanol–water partition coefficient (Wildman–Crippen LogP) is 2.65. The number of ketones is 1. The number of anilines is 1. The molecular weight excluding hydrogens is 426 g/mol. The van der Waals surface area contributed by atoms with Gasteiger partial charge in [-0.1, -0.05) is 31.4 Å². The van der Waals surface area contributed by atoms with Gasteiger partial charge in [0, 0.05) is 24.6 Å². The molecule has 2 rings (SSSR count). The van der Waals surface area contributed by atoms with E-state index in [1.165, 1.54) is 0 Å². The molecular formula is C24H35N3O6. The summed E-state index contributed by atoms with van der Waals surface area (Å²) in [5.41, 5.74) is 5.16. The van der Waals surface area contributed by atoms with Crippen LogP contribution in [0.15, 0.2) is 24.3 Å². The molecule has 1 aromatic rings. The Balaban J connectivity index is 2.16. The number of nitrogens with one attached hydrogen (secondary N) is 2. The maximum absolute atomic E-state index is 13.4. The molecule has 0 saturated heterocycles. The Morgan fingerprint density at radius 3 is 2.36 bits per heavy atom. The van der Waals surface area contributed by atoms with Gasteiger partial charge in [-0.3, -0.25) is 14.4 Å². The number of aliphatic hydroxyl groups is 1. The largest absolute Gasteiger partial charge is 0.465 e. The van der Waals surface area contributed by atoms with Crippen LogP contribution in [-0.2, 0) is 25.7 Å². The monoisotopic (exact) mass is 461 g/mol. The summed E-state index contributed by atoms with van der Waals surface area (Å²) in [5.74, 6) is -1.78. The molecule has 3 amide bonds. The molecule has 0 radical (unpaired) electrons. The third-order valence-corrected chi connectivity index (χ3v) is 6.14. The number of hydrogen-bond acceptors (Lipinski definition) is 6. The van der Waals surface area contributed by atoms with Gasteiger partial charge in [-0.2, -0.15) is 0 Å². The molecule has 0 bridgehead atoms. The quantitative estimate of drug-likeness (QED) is 0.214. The zero-order chi connectivity index (χ0) is 24.3. The van der Waals surface area contributed by atoms with Crippen LogP contribution in [0.2, 0.25) is 0 Å². The van der Waals surface area contributed by atoms with Gasteiger partial charge in [0.15, 0.2) is 5.78 Å². The van der Waals surface area contributed by atoms with Gasteiger partial charge >= 0.3 is 12.0 Å². The summed E-state index contributed by atoms with van der Waals surface area (Å²) in [5, 5.41) is 14.5. The molecule has 1 aliphatic carbocycles. The first-order chi connectivity index (χ1) is 15.8. The summed E-state index contributed by atoms with van der Waals surface area (Å²) in [7, 11) is 0. The van der Waals surface area contributed by atoms with Crippen molar-refractivity contribution >= 4 is 29.4 Å². The number of hydrogen-bond donors (Lipinski definition) is 4. The second kappa shape index (κ2) is 12.9. The van der Waals surface area contributed by atoms with Crippen molar-refractivity contribution in [1.82, 2.24) is 5.32 Å². The van der Waals surface area contributed by atoms with Gasteiger partial charge in [-0.05, 0) is 50.3 Å². The first-order valence-corrected chi connectivity index (χ1v) is 11.6. The Morgan fingerprint density at radius 1 is 1.12 bits per heavy atom. The number of benzene rings is 1. The summed E-state index contributed by atoms with van der Waals surface area (Å²) in [6.07, 6.45) is 4.06. The van der Waals surface area contributed by atoms with E-state index >= 15 is 0 Å². The van der Waals surface area contributed by atoms with E-state index < -0.39 is 23.3 Å². The Hall–Kier alpha value is -2.94. The molecule has 5 N–H and O–H groups in total. The first kappa shape index (κ1) is 26.3. The summed E-state index contributed by atoms with van der Waals surface area (Å²) in [6.45, 7) is 2.08. The summed E-state index contributed by atoms with van der Waals surface area (Å²) >= 11 is 0. The number of nitrogens with two attached hydrogens (primary N) is 1. The number of esters is 1. The van der Waals surface area contributed by atoms with Crippen LogP contribution in [0.1, 0.15) is 63.9 Å². The topological polar surface area (TPSA) is 148 Å². The van der Waals surface area contributed by atoms with E-state index in [4.69, 9.17) is 10.5 Å². The molecule has 182 valence electrons. The smallest absolute Gasteiger partial charge is 0.319 e. The normalized spacial score (nSPS) is 15.8. The minimum absolute atomic E-state index is 0.0874. The van der Waals surface area contributed by atoms with Gasteiger partial charge in [-0.15, -0.1) is 0 Å². The zero-order valence-electron chi connectivity index (χ0n) is 19.2. The number of primary amides is 1. The van der Waals surface area contributed by atoms with E-state index in [0.29, 0.717) is 36.9 Å². The standard InChI is InChI=1S/C24H35N3O6/c1-2-33-22(31)24(12-4-3-5-13-24)20(29)15-18(7-6-14-26-23(25)32)21(30)27-19-10-8-17(16-28)9-11-19/h8-11,18,28H,2-7,12-16H2,1H3,(H,27,30)(H3,25,26,32)/t18-/m1/s1. The average Bonchev–Trinajstić information content (AvgIpc) is 2.81. The number of aliphatic hydroxyl groups excluding tert-OH is 1. The molecule has 0 spiro atoms. The summed E-state index contributed by atoms with van der Waals surface area (Å²) < 4.78 is 5.25. The lowest BCUT2D eigenvalue weighted by molar-refractivity contribution is -0.163. The van der Waals surface area contributed by atoms with Gasteiger partial charge in [0.05, 0.1) is 13.2 Å². The van der Waals surface area contributed by atoms with Crippen molar-refractivity contribution in [2.24, 2.45) is 17.1 Å². The number of rotatable bonds is 12. The minimum Gasteiger partial charge on any atom is -0.465 e. The Bertz CT molecular complexity index is 818. The molecule has 33 heavy (non-hydrogen) atoms. The van der Waals surface area contributed by atoms with Crippen LogP contribution in [-0.4, -0.2) is 41.9 Å². The molecule has 1 atom stereocenters. The highest BCUT2D eigenvalue weighted by Gasteiger charge is 2.48. The van der Waals surface area contributed by atoms with E-state index in [2.05, 4.69) is 10.6 Å². The number of carbonyl (C=O) groups is 4. The highest BCUT2D eigenvalue weighted by Crippen LogP contribution is 2.40. The van der Waals surface area contributed by atoms with Gasteiger partial charge in [-0.25, -0.2) is 4.79 Å². The van der Waals surface area contributed by atoms with Gasteiger partial charge < -0.3 is 26.2 Å². The van der Waals surface area contributed by atoms with Crippen LogP contribution >= 0.6 is 0 Å². The third-order valence-electron chi connectivity index (χ3n) is 6.14. The number of carbonyl (C=O) groups excluding carboxylic acids is 4. The van der Waals surface area contributed by atoms with Gasteiger partial charge in [0.25, 0.3) is 0 Å². The molecule has 0 unspecified atom stereocenters.